The summed E-state index contributed by atoms with van der Waals surface area (Å²) in [4.78, 5) is -0.0888. The van der Waals surface area contributed by atoms with Crippen molar-refractivity contribution in [1.82, 2.24) is 0 Å². The molecule has 0 aliphatic heterocycles. The number of benzene rings is 2. The van der Waals surface area contributed by atoms with Crippen molar-refractivity contribution >= 4 is 31.6 Å². The van der Waals surface area contributed by atoms with Gasteiger partial charge in [0.25, 0.3) is 0 Å². The molecule has 124 valence electrons. The molecule has 0 aliphatic carbocycles. The molecule has 0 saturated carbocycles. The lowest BCUT2D eigenvalue weighted by Gasteiger charge is -2.09. The van der Waals surface area contributed by atoms with Crippen LogP contribution in [-0.4, -0.2) is 23.1 Å². The summed E-state index contributed by atoms with van der Waals surface area (Å²) < 4.78 is 52.3. The van der Waals surface area contributed by atoms with Gasteiger partial charge in [0.2, 0.25) is 0 Å². The maximum Gasteiger partial charge on any atom is 0.339 e. The molecule has 2 aromatic rings. The monoisotopic (exact) mass is 374 g/mol. The topological polar surface area (TPSA) is 77.5 Å². The Balaban J connectivity index is 2.32. The molecule has 0 amide bonds. The molecule has 0 atom stereocenters. The van der Waals surface area contributed by atoms with Crippen LogP contribution >= 0.6 is 11.6 Å². The number of sulfone groups is 1. The van der Waals surface area contributed by atoms with Crippen LogP contribution in [0.5, 0.6) is 5.75 Å². The second-order valence-corrected chi connectivity index (χ2v) is 8.86. The minimum Gasteiger partial charge on any atom is -0.379 e. The zero-order chi connectivity index (χ0) is 17.3. The molecule has 0 N–H and O–H groups in total. The van der Waals surface area contributed by atoms with Crippen LogP contribution in [0.4, 0.5) is 0 Å². The summed E-state index contributed by atoms with van der Waals surface area (Å²) >= 11 is 5.98. The van der Waals surface area contributed by atoms with Gasteiger partial charge in [0.15, 0.2) is 9.84 Å². The SMILES string of the molecule is CCc1cc(OS(=O)(=O)c2ccc(S(C)(=O)=O)cc2)ccc1Cl. The van der Waals surface area contributed by atoms with Gasteiger partial charge >= 0.3 is 10.1 Å². The third-order valence-corrected chi connectivity index (χ3v) is 5.90. The van der Waals surface area contributed by atoms with E-state index in [2.05, 4.69) is 0 Å². The van der Waals surface area contributed by atoms with Gasteiger partial charge in [0.1, 0.15) is 10.6 Å². The zero-order valence-corrected chi connectivity index (χ0v) is 14.9. The summed E-state index contributed by atoms with van der Waals surface area (Å²) in [5.74, 6) is 0.151. The number of hydrogen-bond acceptors (Lipinski definition) is 5. The van der Waals surface area contributed by atoms with Crippen molar-refractivity contribution in [2.24, 2.45) is 0 Å². The van der Waals surface area contributed by atoms with Gasteiger partial charge in [-0.3, -0.25) is 0 Å². The third kappa shape index (κ3) is 4.25. The van der Waals surface area contributed by atoms with Crippen LogP contribution < -0.4 is 4.18 Å². The highest BCUT2D eigenvalue weighted by atomic mass is 35.5. The van der Waals surface area contributed by atoms with Crippen LogP contribution in [0.3, 0.4) is 0 Å². The van der Waals surface area contributed by atoms with Gasteiger partial charge in [-0.1, -0.05) is 18.5 Å². The largest absolute Gasteiger partial charge is 0.379 e. The molecule has 0 aromatic heterocycles. The van der Waals surface area contributed by atoms with Gasteiger partial charge in [0, 0.05) is 11.3 Å². The molecule has 0 fully saturated rings. The predicted octanol–water partition coefficient (Wildman–Crippen LogP) is 3.07. The molecule has 8 heteroatoms. The molecule has 5 nitrogen and oxygen atoms in total. The average molecular weight is 375 g/mol. The molecule has 0 spiro atoms. The van der Waals surface area contributed by atoms with E-state index in [1.807, 2.05) is 6.92 Å². The Kier molecular flexibility index (Phi) is 5.03. The molecule has 0 aliphatic rings. The Hall–Kier alpha value is -1.57. The first-order valence-electron chi connectivity index (χ1n) is 6.66. The van der Waals surface area contributed by atoms with Crippen molar-refractivity contribution < 1.29 is 21.0 Å². The van der Waals surface area contributed by atoms with E-state index in [9.17, 15) is 16.8 Å². The highest BCUT2D eigenvalue weighted by molar-refractivity contribution is 7.90. The van der Waals surface area contributed by atoms with Crippen molar-refractivity contribution in [3.63, 3.8) is 0 Å². The lowest BCUT2D eigenvalue weighted by molar-refractivity contribution is 0.485. The number of aryl methyl sites for hydroxylation is 1. The molecule has 23 heavy (non-hydrogen) atoms. The molecule has 0 unspecified atom stereocenters. The van der Waals surface area contributed by atoms with Gasteiger partial charge < -0.3 is 4.18 Å². The number of halogens is 1. The van der Waals surface area contributed by atoms with E-state index in [1.165, 1.54) is 30.3 Å². The van der Waals surface area contributed by atoms with Gasteiger partial charge in [-0.15, -0.1) is 0 Å². The minimum atomic E-state index is -4.05. The highest BCUT2D eigenvalue weighted by Gasteiger charge is 2.18. The Morgan fingerprint density at radius 2 is 1.52 bits per heavy atom. The van der Waals surface area contributed by atoms with Crippen LogP contribution in [0.15, 0.2) is 52.3 Å². The van der Waals surface area contributed by atoms with Crippen LogP contribution in [0.1, 0.15) is 12.5 Å². The van der Waals surface area contributed by atoms with E-state index >= 15 is 0 Å². The van der Waals surface area contributed by atoms with Crippen molar-refractivity contribution in [2.45, 2.75) is 23.1 Å². The fraction of sp³-hybridized carbons (Fsp3) is 0.200. The van der Waals surface area contributed by atoms with E-state index in [0.29, 0.717) is 11.4 Å². The Labute approximate surface area is 140 Å². The predicted molar refractivity (Wildman–Crippen MR) is 88.2 cm³/mol. The number of rotatable bonds is 5. The van der Waals surface area contributed by atoms with Gasteiger partial charge in [-0.05, 0) is 54.4 Å². The van der Waals surface area contributed by atoms with E-state index in [4.69, 9.17) is 15.8 Å². The van der Waals surface area contributed by atoms with E-state index < -0.39 is 20.0 Å². The van der Waals surface area contributed by atoms with Gasteiger partial charge in [-0.2, -0.15) is 8.42 Å². The zero-order valence-electron chi connectivity index (χ0n) is 12.5. The average Bonchev–Trinajstić information content (AvgIpc) is 2.48. The highest BCUT2D eigenvalue weighted by Crippen LogP contribution is 2.25. The summed E-state index contributed by atoms with van der Waals surface area (Å²) in [7, 11) is -7.44. The maximum absolute atomic E-state index is 12.2. The quantitative estimate of drug-likeness (QED) is 0.751. The first kappa shape index (κ1) is 17.8. The van der Waals surface area contributed by atoms with Gasteiger partial charge in [-0.25, -0.2) is 8.42 Å². The first-order valence-corrected chi connectivity index (χ1v) is 10.3. The summed E-state index contributed by atoms with van der Waals surface area (Å²) in [6.45, 7) is 1.89. The van der Waals surface area contributed by atoms with Gasteiger partial charge in [0.05, 0.1) is 4.90 Å². The third-order valence-electron chi connectivity index (χ3n) is 3.14. The van der Waals surface area contributed by atoms with Crippen molar-refractivity contribution in [2.75, 3.05) is 6.26 Å². The van der Waals surface area contributed by atoms with Crippen LogP contribution in [0.25, 0.3) is 0 Å². The summed E-state index contributed by atoms with van der Waals surface area (Å²) in [5.41, 5.74) is 0.770. The fourth-order valence-corrected chi connectivity index (χ4v) is 3.71. The Bertz CT molecular complexity index is 917. The molecular formula is C15H15ClO5S2. The van der Waals surface area contributed by atoms with Crippen LogP contribution in [0.2, 0.25) is 5.02 Å². The molecule has 2 rings (SSSR count). The molecule has 2 aromatic carbocycles. The van der Waals surface area contributed by atoms with E-state index in [0.717, 1.165) is 11.8 Å². The lowest BCUT2D eigenvalue weighted by Crippen LogP contribution is -2.10. The Morgan fingerprint density at radius 3 is 2.04 bits per heavy atom. The maximum atomic E-state index is 12.2. The Morgan fingerprint density at radius 1 is 0.957 bits per heavy atom. The first-order chi connectivity index (χ1) is 10.6. The van der Waals surface area contributed by atoms with Crippen molar-refractivity contribution in [1.29, 1.82) is 0 Å². The second kappa shape index (κ2) is 6.51. The summed E-state index contributed by atoms with van der Waals surface area (Å²) in [6, 6.07) is 9.44. The van der Waals surface area contributed by atoms with E-state index in [1.54, 1.807) is 12.1 Å². The smallest absolute Gasteiger partial charge is 0.339 e. The van der Waals surface area contributed by atoms with Crippen LogP contribution in [-0.2, 0) is 26.4 Å². The minimum absolute atomic E-state index is 0.0382. The van der Waals surface area contributed by atoms with Crippen molar-refractivity contribution in [3.05, 3.63) is 53.1 Å². The summed E-state index contributed by atoms with van der Waals surface area (Å²) in [6.07, 6.45) is 1.69. The molecule has 0 bridgehead atoms. The summed E-state index contributed by atoms with van der Waals surface area (Å²) in [5, 5.41) is 0.537. The van der Waals surface area contributed by atoms with Crippen LogP contribution in [0, 0.1) is 0 Å². The standard InChI is InChI=1S/C15H15ClO5S2/c1-3-11-10-12(4-9-15(11)16)21-23(19,20)14-7-5-13(6-8-14)22(2,17)18/h4-10H,3H2,1-2H3. The molecule has 0 radical (unpaired) electrons. The van der Waals surface area contributed by atoms with Crippen molar-refractivity contribution in [3.8, 4) is 5.75 Å². The second-order valence-electron chi connectivity index (χ2n) is 4.89. The van der Waals surface area contributed by atoms with E-state index in [-0.39, 0.29) is 15.5 Å². The number of hydrogen-bond donors (Lipinski definition) is 0. The normalized spacial score (nSPS) is 12.1. The molecule has 0 saturated heterocycles. The fourth-order valence-electron chi connectivity index (χ4n) is 1.90. The molecular weight excluding hydrogens is 360 g/mol. The lowest BCUT2D eigenvalue weighted by atomic mass is 10.2. The molecule has 0 heterocycles.